The number of hydrogen-bond acceptors (Lipinski definition) is 4. The van der Waals surface area contributed by atoms with Crippen LogP contribution in [0.15, 0.2) is 33.7 Å². The van der Waals surface area contributed by atoms with Gasteiger partial charge in [-0.1, -0.05) is 22.9 Å². The molecule has 0 atom stereocenters. The number of carbonyl (C=O) groups excluding carboxylic acids is 1. The second-order valence-electron chi connectivity index (χ2n) is 4.43. The highest BCUT2D eigenvalue weighted by atomic mass is 32.2. The van der Waals surface area contributed by atoms with E-state index in [2.05, 4.69) is 23.5 Å². The normalized spacial score (nSPS) is 10.5. The van der Waals surface area contributed by atoms with Gasteiger partial charge in [0, 0.05) is 11.0 Å². The Balaban J connectivity index is 1.89. The van der Waals surface area contributed by atoms with Gasteiger partial charge in [0.1, 0.15) is 5.76 Å². The molecular weight excluding hydrogens is 260 g/mol. The number of benzene rings is 1. The average Bonchev–Trinajstić information content (AvgIpc) is 2.73. The summed E-state index contributed by atoms with van der Waals surface area (Å²) >= 11 is 1.52. The molecule has 1 aromatic carbocycles. The Hall–Kier alpha value is -1.75. The first-order valence-corrected chi connectivity index (χ1v) is 6.96. The van der Waals surface area contributed by atoms with Gasteiger partial charge in [-0.05, 0) is 32.4 Å². The highest BCUT2D eigenvalue weighted by Crippen LogP contribution is 2.23. The molecule has 0 unspecified atom stereocenters. The number of amides is 1. The van der Waals surface area contributed by atoms with Crippen LogP contribution in [0.4, 0.5) is 5.82 Å². The first-order valence-electron chi connectivity index (χ1n) is 5.98. The molecule has 1 aromatic heterocycles. The Morgan fingerprint density at radius 3 is 2.74 bits per heavy atom. The first kappa shape index (κ1) is 13.7. The lowest BCUT2D eigenvalue weighted by atomic mass is 10.2. The number of aromatic nitrogens is 1. The van der Waals surface area contributed by atoms with Crippen molar-refractivity contribution < 1.29 is 9.32 Å². The SMILES string of the molecule is Cc1ccc(SCC(=O)Nc2cc(C)on2)c(C)c1. The molecule has 0 aliphatic heterocycles. The van der Waals surface area contributed by atoms with Crippen molar-refractivity contribution in [1.82, 2.24) is 5.16 Å². The van der Waals surface area contributed by atoms with Crippen molar-refractivity contribution in [3.63, 3.8) is 0 Å². The van der Waals surface area contributed by atoms with E-state index in [4.69, 9.17) is 4.52 Å². The zero-order valence-electron chi connectivity index (χ0n) is 11.2. The average molecular weight is 276 g/mol. The van der Waals surface area contributed by atoms with Crippen LogP contribution in [0.3, 0.4) is 0 Å². The minimum atomic E-state index is -0.0849. The van der Waals surface area contributed by atoms with Gasteiger partial charge in [-0.15, -0.1) is 11.8 Å². The van der Waals surface area contributed by atoms with E-state index in [0.29, 0.717) is 17.3 Å². The quantitative estimate of drug-likeness (QED) is 0.870. The van der Waals surface area contributed by atoms with E-state index in [1.54, 1.807) is 13.0 Å². The van der Waals surface area contributed by atoms with E-state index in [0.717, 1.165) is 4.90 Å². The van der Waals surface area contributed by atoms with Crippen molar-refractivity contribution >= 4 is 23.5 Å². The minimum Gasteiger partial charge on any atom is -0.360 e. The van der Waals surface area contributed by atoms with E-state index >= 15 is 0 Å². The van der Waals surface area contributed by atoms with Gasteiger partial charge in [0.25, 0.3) is 0 Å². The molecule has 1 N–H and O–H groups in total. The lowest BCUT2D eigenvalue weighted by molar-refractivity contribution is -0.113. The molecule has 0 spiro atoms. The predicted octanol–water partition coefficient (Wildman–Crippen LogP) is 3.33. The van der Waals surface area contributed by atoms with Crippen LogP contribution in [0, 0.1) is 20.8 Å². The molecule has 0 radical (unpaired) electrons. The molecule has 0 saturated heterocycles. The number of carbonyl (C=O) groups is 1. The zero-order chi connectivity index (χ0) is 13.8. The molecule has 100 valence electrons. The topological polar surface area (TPSA) is 55.1 Å². The van der Waals surface area contributed by atoms with Crippen LogP contribution in [0.2, 0.25) is 0 Å². The summed E-state index contributed by atoms with van der Waals surface area (Å²) < 4.78 is 4.89. The van der Waals surface area contributed by atoms with E-state index < -0.39 is 0 Å². The highest BCUT2D eigenvalue weighted by Gasteiger charge is 2.08. The van der Waals surface area contributed by atoms with E-state index in [1.807, 2.05) is 19.1 Å². The summed E-state index contributed by atoms with van der Waals surface area (Å²) in [5, 5.41) is 6.42. The molecule has 4 nitrogen and oxygen atoms in total. The van der Waals surface area contributed by atoms with Crippen molar-refractivity contribution in [3.05, 3.63) is 41.2 Å². The number of thioether (sulfide) groups is 1. The van der Waals surface area contributed by atoms with Gasteiger partial charge < -0.3 is 9.84 Å². The number of nitrogens with one attached hydrogen (secondary N) is 1. The smallest absolute Gasteiger partial charge is 0.235 e. The second kappa shape index (κ2) is 5.93. The third kappa shape index (κ3) is 3.86. The van der Waals surface area contributed by atoms with Crippen LogP contribution in [-0.2, 0) is 4.79 Å². The maximum absolute atomic E-state index is 11.8. The summed E-state index contributed by atoms with van der Waals surface area (Å²) in [4.78, 5) is 12.9. The Labute approximate surface area is 116 Å². The van der Waals surface area contributed by atoms with Crippen molar-refractivity contribution in [2.45, 2.75) is 25.7 Å². The number of hydrogen-bond donors (Lipinski definition) is 1. The van der Waals surface area contributed by atoms with Crippen molar-refractivity contribution in [2.75, 3.05) is 11.1 Å². The lowest BCUT2D eigenvalue weighted by Gasteiger charge is -2.06. The summed E-state index contributed by atoms with van der Waals surface area (Å²) in [5.41, 5.74) is 2.42. The highest BCUT2D eigenvalue weighted by molar-refractivity contribution is 8.00. The second-order valence-corrected chi connectivity index (χ2v) is 5.45. The van der Waals surface area contributed by atoms with Gasteiger partial charge >= 0.3 is 0 Å². The van der Waals surface area contributed by atoms with Gasteiger partial charge in [0.15, 0.2) is 5.82 Å². The summed E-state index contributed by atoms with van der Waals surface area (Å²) in [6.45, 7) is 5.89. The predicted molar refractivity (Wildman–Crippen MR) is 76.5 cm³/mol. The monoisotopic (exact) mass is 276 g/mol. The summed E-state index contributed by atoms with van der Waals surface area (Å²) in [6.07, 6.45) is 0. The van der Waals surface area contributed by atoms with E-state index in [9.17, 15) is 4.79 Å². The molecule has 2 rings (SSSR count). The Morgan fingerprint density at radius 1 is 1.32 bits per heavy atom. The number of aryl methyl sites for hydroxylation is 3. The Kier molecular flexibility index (Phi) is 4.27. The third-order valence-corrected chi connectivity index (χ3v) is 3.76. The van der Waals surface area contributed by atoms with Crippen LogP contribution >= 0.6 is 11.8 Å². The van der Waals surface area contributed by atoms with E-state index in [-0.39, 0.29) is 5.91 Å². The maximum atomic E-state index is 11.8. The molecule has 0 fully saturated rings. The molecule has 5 heteroatoms. The van der Waals surface area contributed by atoms with Crippen LogP contribution in [0.25, 0.3) is 0 Å². The summed E-state index contributed by atoms with van der Waals surface area (Å²) in [6, 6.07) is 7.90. The maximum Gasteiger partial charge on any atom is 0.235 e. The molecular formula is C14H16N2O2S. The van der Waals surface area contributed by atoms with Crippen LogP contribution in [0.1, 0.15) is 16.9 Å². The van der Waals surface area contributed by atoms with E-state index in [1.165, 1.54) is 22.9 Å². The standard InChI is InChI=1S/C14H16N2O2S/c1-9-4-5-12(10(2)6-9)19-8-14(17)15-13-7-11(3)18-16-13/h4-7H,8H2,1-3H3,(H,15,16,17). The Morgan fingerprint density at radius 2 is 2.11 bits per heavy atom. The van der Waals surface area contributed by atoms with Crippen molar-refractivity contribution in [3.8, 4) is 0 Å². The molecule has 0 saturated carbocycles. The first-order chi connectivity index (χ1) is 9.04. The fourth-order valence-corrected chi connectivity index (χ4v) is 2.52. The fourth-order valence-electron chi connectivity index (χ4n) is 1.71. The third-order valence-electron chi connectivity index (χ3n) is 2.58. The number of anilines is 1. The molecule has 0 bridgehead atoms. The van der Waals surface area contributed by atoms with Gasteiger partial charge in [0.2, 0.25) is 5.91 Å². The molecule has 2 aromatic rings. The number of nitrogens with zero attached hydrogens (tertiary/aromatic N) is 1. The van der Waals surface area contributed by atoms with Gasteiger partial charge in [-0.25, -0.2) is 0 Å². The van der Waals surface area contributed by atoms with Crippen molar-refractivity contribution in [2.24, 2.45) is 0 Å². The largest absolute Gasteiger partial charge is 0.360 e. The number of rotatable bonds is 4. The van der Waals surface area contributed by atoms with Gasteiger partial charge in [-0.2, -0.15) is 0 Å². The van der Waals surface area contributed by atoms with Crippen LogP contribution in [0.5, 0.6) is 0 Å². The van der Waals surface area contributed by atoms with Gasteiger partial charge in [-0.3, -0.25) is 4.79 Å². The summed E-state index contributed by atoms with van der Waals surface area (Å²) in [7, 11) is 0. The van der Waals surface area contributed by atoms with Gasteiger partial charge in [0.05, 0.1) is 5.75 Å². The minimum absolute atomic E-state index is 0.0849. The fraction of sp³-hybridized carbons (Fsp3) is 0.286. The molecule has 19 heavy (non-hydrogen) atoms. The Bertz CT molecular complexity index is 593. The molecule has 0 aliphatic carbocycles. The molecule has 1 heterocycles. The zero-order valence-corrected chi connectivity index (χ0v) is 12.0. The van der Waals surface area contributed by atoms with Crippen molar-refractivity contribution in [1.29, 1.82) is 0 Å². The van der Waals surface area contributed by atoms with Crippen LogP contribution < -0.4 is 5.32 Å². The van der Waals surface area contributed by atoms with Crippen LogP contribution in [-0.4, -0.2) is 16.8 Å². The lowest BCUT2D eigenvalue weighted by Crippen LogP contribution is -2.14. The summed E-state index contributed by atoms with van der Waals surface area (Å²) in [5.74, 6) is 1.41. The molecule has 0 aliphatic rings. The molecule has 1 amide bonds.